The highest BCUT2D eigenvalue weighted by Gasteiger charge is 2.27. The molecule has 2 unspecified atom stereocenters. The predicted molar refractivity (Wildman–Crippen MR) is 93.1 cm³/mol. The van der Waals surface area contributed by atoms with E-state index in [0.29, 0.717) is 18.4 Å². The molecule has 2 rings (SSSR count). The first kappa shape index (κ1) is 18.4. The maximum atomic E-state index is 12.8. The van der Waals surface area contributed by atoms with Crippen LogP contribution in [-0.2, 0) is 11.3 Å². The van der Waals surface area contributed by atoms with Crippen molar-refractivity contribution in [3.63, 3.8) is 0 Å². The minimum Gasteiger partial charge on any atom is -0.396 e. The van der Waals surface area contributed by atoms with Gasteiger partial charge in [-0.1, -0.05) is 31.2 Å². The Hall–Kier alpha value is -1.92. The van der Waals surface area contributed by atoms with Crippen LogP contribution in [0.1, 0.15) is 44.4 Å². The van der Waals surface area contributed by atoms with Gasteiger partial charge in [0.05, 0.1) is 12.6 Å². The fourth-order valence-electron chi connectivity index (χ4n) is 3.00. The molecule has 1 aliphatic heterocycles. The van der Waals surface area contributed by atoms with Crippen LogP contribution < -0.4 is 11.2 Å². The Morgan fingerprint density at radius 1 is 1.46 bits per heavy atom. The van der Waals surface area contributed by atoms with Gasteiger partial charge in [0, 0.05) is 18.4 Å². The molecule has 132 valence electrons. The molecule has 0 aliphatic carbocycles. The van der Waals surface area contributed by atoms with Crippen LogP contribution >= 0.6 is 0 Å². The highest BCUT2D eigenvalue weighted by Crippen LogP contribution is 2.28. The van der Waals surface area contributed by atoms with Crippen molar-refractivity contribution in [1.29, 1.82) is 0 Å². The van der Waals surface area contributed by atoms with Gasteiger partial charge in [-0.05, 0) is 32.6 Å². The summed E-state index contributed by atoms with van der Waals surface area (Å²) in [7, 11) is 0. The average molecular weight is 334 g/mol. The summed E-state index contributed by atoms with van der Waals surface area (Å²) in [6.45, 7) is 7.68. The van der Waals surface area contributed by atoms with E-state index < -0.39 is 0 Å². The Labute approximate surface area is 141 Å². The molecule has 0 saturated carbocycles. The number of hydrogen-bond donors (Lipinski definition) is 1. The summed E-state index contributed by atoms with van der Waals surface area (Å²) in [5.74, 6) is 0. The van der Waals surface area contributed by atoms with Gasteiger partial charge in [0.15, 0.2) is 0 Å². The van der Waals surface area contributed by atoms with Crippen LogP contribution in [-0.4, -0.2) is 27.0 Å². The van der Waals surface area contributed by atoms with Gasteiger partial charge >= 0.3 is 5.69 Å². The molecular weight excluding hydrogens is 308 g/mol. The highest BCUT2D eigenvalue weighted by atomic mass is 16.5. The fourth-order valence-corrected chi connectivity index (χ4v) is 3.00. The van der Waals surface area contributed by atoms with E-state index >= 15 is 0 Å². The Morgan fingerprint density at radius 2 is 2.21 bits per heavy atom. The molecule has 6 heteroatoms. The van der Waals surface area contributed by atoms with Crippen LogP contribution in [0.3, 0.4) is 0 Å². The molecule has 0 aromatic carbocycles. The summed E-state index contributed by atoms with van der Waals surface area (Å²) in [5.41, 5.74) is 0.845. The fraction of sp³-hybridized carbons (Fsp3) is 0.556. The van der Waals surface area contributed by atoms with Gasteiger partial charge < -0.3 is 9.84 Å². The molecule has 0 spiro atoms. The first-order chi connectivity index (χ1) is 11.5. The third kappa shape index (κ3) is 3.94. The van der Waals surface area contributed by atoms with Crippen molar-refractivity contribution in [2.75, 3.05) is 6.61 Å². The molecule has 2 atom stereocenters. The van der Waals surface area contributed by atoms with E-state index in [1.807, 2.05) is 13.0 Å². The van der Waals surface area contributed by atoms with Crippen molar-refractivity contribution in [2.45, 2.75) is 58.4 Å². The molecule has 2 heterocycles. The number of hydrogen-bond acceptors (Lipinski definition) is 4. The molecule has 24 heavy (non-hydrogen) atoms. The Morgan fingerprint density at radius 3 is 2.83 bits per heavy atom. The largest absolute Gasteiger partial charge is 0.396 e. The summed E-state index contributed by atoms with van der Waals surface area (Å²) < 4.78 is 8.62. The third-order valence-corrected chi connectivity index (χ3v) is 4.38. The summed E-state index contributed by atoms with van der Waals surface area (Å²) in [4.78, 5) is 25.2. The number of aliphatic hydroxyl groups is 1. The van der Waals surface area contributed by atoms with E-state index in [9.17, 15) is 9.59 Å². The zero-order chi connectivity index (χ0) is 17.7. The Bertz CT molecular complexity index is 730. The van der Waals surface area contributed by atoms with E-state index in [-0.39, 0.29) is 36.7 Å². The van der Waals surface area contributed by atoms with E-state index in [0.717, 1.165) is 18.4 Å². The SMILES string of the molecule is C=C/C=C(\CC)Cn1c(=O)c(C)cn(C2CCC(CCO)O2)c1=O. The van der Waals surface area contributed by atoms with E-state index in [1.54, 1.807) is 19.2 Å². The molecule has 1 aromatic heterocycles. The molecule has 1 N–H and O–H groups in total. The number of nitrogens with zero attached hydrogens (tertiary/aromatic N) is 2. The molecule has 1 saturated heterocycles. The molecule has 0 bridgehead atoms. The van der Waals surface area contributed by atoms with Gasteiger partial charge in [-0.2, -0.15) is 0 Å². The topological polar surface area (TPSA) is 73.5 Å². The molecule has 1 aromatic rings. The minimum atomic E-state index is -0.381. The smallest absolute Gasteiger partial charge is 0.333 e. The number of allylic oxidation sites excluding steroid dienone is 3. The normalized spacial score (nSPS) is 21.2. The Kier molecular flexibility index (Phi) is 6.34. The van der Waals surface area contributed by atoms with Gasteiger partial charge in [-0.15, -0.1) is 0 Å². The summed E-state index contributed by atoms with van der Waals surface area (Å²) in [6, 6.07) is 0. The van der Waals surface area contributed by atoms with Crippen LogP contribution in [0, 0.1) is 6.92 Å². The number of ether oxygens (including phenoxy) is 1. The number of aliphatic hydroxyl groups excluding tert-OH is 1. The molecular formula is C18H26N2O4. The lowest BCUT2D eigenvalue weighted by atomic mass is 10.2. The average Bonchev–Trinajstić information content (AvgIpc) is 3.02. The number of aryl methyl sites for hydroxylation is 1. The first-order valence-corrected chi connectivity index (χ1v) is 8.41. The van der Waals surface area contributed by atoms with Crippen molar-refractivity contribution < 1.29 is 9.84 Å². The quantitative estimate of drug-likeness (QED) is 0.773. The zero-order valence-electron chi connectivity index (χ0n) is 14.4. The van der Waals surface area contributed by atoms with Gasteiger partial charge in [-0.3, -0.25) is 13.9 Å². The standard InChI is InChI=1S/C18H26N2O4/c1-4-6-14(5-2)12-20-17(22)13(3)11-19(18(20)23)16-8-7-15(24-16)9-10-21/h4,6,11,15-16,21H,1,5,7-10,12H2,2-3H3/b14-6+. The molecule has 6 nitrogen and oxygen atoms in total. The maximum Gasteiger partial charge on any atom is 0.333 e. The molecule has 0 radical (unpaired) electrons. The van der Waals surface area contributed by atoms with E-state index in [1.165, 1.54) is 9.13 Å². The third-order valence-electron chi connectivity index (χ3n) is 4.38. The van der Waals surface area contributed by atoms with Crippen LogP contribution in [0.15, 0.2) is 40.1 Å². The van der Waals surface area contributed by atoms with Crippen LogP contribution in [0.2, 0.25) is 0 Å². The molecule has 0 amide bonds. The van der Waals surface area contributed by atoms with Gasteiger partial charge in [-0.25, -0.2) is 4.79 Å². The van der Waals surface area contributed by atoms with Crippen molar-refractivity contribution >= 4 is 0 Å². The van der Waals surface area contributed by atoms with Gasteiger partial charge in [0.1, 0.15) is 6.23 Å². The maximum absolute atomic E-state index is 12.8. The highest BCUT2D eigenvalue weighted by molar-refractivity contribution is 5.12. The van der Waals surface area contributed by atoms with Gasteiger partial charge in [0.2, 0.25) is 0 Å². The second-order valence-corrected chi connectivity index (χ2v) is 6.11. The monoisotopic (exact) mass is 334 g/mol. The van der Waals surface area contributed by atoms with Crippen molar-refractivity contribution in [1.82, 2.24) is 9.13 Å². The molecule has 1 fully saturated rings. The van der Waals surface area contributed by atoms with E-state index in [4.69, 9.17) is 9.84 Å². The Balaban J connectivity index is 2.38. The van der Waals surface area contributed by atoms with Crippen LogP contribution in [0.5, 0.6) is 0 Å². The lowest BCUT2D eigenvalue weighted by Gasteiger charge is -2.18. The number of rotatable bonds is 7. The lowest BCUT2D eigenvalue weighted by Crippen LogP contribution is -2.42. The summed E-state index contributed by atoms with van der Waals surface area (Å²) in [5, 5.41) is 9.03. The van der Waals surface area contributed by atoms with Crippen molar-refractivity contribution in [2.24, 2.45) is 0 Å². The summed E-state index contributed by atoms with van der Waals surface area (Å²) in [6.07, 6.45) is 7.46. The second-order valence-electron chi connectivity index (χ2n) is 6.11. The van der Waals surface area contributed by atoms with Crippen molar-refractivity contribution in [3.8, 4) is 0 Å². The van der Waals surface area contributed by atoms with Gasteiger partial charge in [0.25, 0.3) is 5.56 Å². The van der Waals surface area contributed by atoms with Crippen molar-refractivity contribution in [3.05, 3.63) is 56.9 Å². The second kappa shape index (κ2) is 8.26. The predicted octanol–water partition coefficient (Wildman–Crippen LogP) is 1.90. The van der Waals surface area contributed by atoms with E-state index in [2.05, 4.69) is 6.58 Å². The minimum absolute atomic E-state index is 0.0422. The first-order valence-electron chi connectivity index (χ1n) is 8.41. The zero-order valence-corrected chi connectivity index (χ0v) is 14.4. The lowest BCUT2D eigenvalue weighted by molar-refractivity contribution is -0.0110. The van der Waals surface area contributed by atoms with Crippen LogP contribution in [0.4, 0.5) is 0 Å². The van der Waals surface area contributed by atoms with Crippen LogP contribution in [0.25, 0.3) is 0 Å². The summed E-state index contributed by atoms with van der Waals surface area (Å²) >= 11 is 0. The number of aromatic nitrogens is 2. The molecule has 1 aliphatic rings.